The molecule has 0 unspecified atom stereocenters. The average Bonchev–Trinajstić information content (AvgIpc) is 2.89. The zero-order valence-corrected chi connectivity index (χ0v) is 18.8. The number of halogens is 2. The van der Waals surface area contributed by atoms with Crippen molar-refractivity contribution in [3.05, 3.63) is 63.9 Å². The molecule has 2 aliphatic heterocycles. The third-order valence-corrected chi connectivity index (χ3v) is 5.45. The third kappa shape index (κ3) is 4.36. The molecule has 1 spiro atoms. The van der Waals surface area contributed by atoms with Gasteiger partial charge in [0.1, 0.15) is 11.2 Å². The number of amides is 2. The molecule has 0 aliphatic carbocycles. The van der Waals surface area contributed by atoms with Gasteiger partial charge >= 0.3 is 0 Å². The van der Waals surface area contributed by atoms with E-state index in [0.717, 1.165) is 11.1 Å². The summed E-state index contributed by atoms with van der Waals surface area (Å²) in [5.41, 5.74) is 2.41. The van der Waals surface area contributed by atoms with Gasteiger partial charge in [-0.2, -0.15) is 0 Å². The summed E-state index contributed by atoms with van der Waals surface area (Å²) in [4.78, 5) is 25.1. The Morgan fingerprint density at radius 3 is 2.43 bits per heavy atom. The van der Waals surface area contributed by atoms with Crippen molar-refractivity contribution in [3.8, 4) is 0 Å². The number of hydrogen-bond donors (Lipinski definition) is 2. The van der Waals surface area contributed by atoms with Gasteiger partial charge in [0, 0.05) is 17.1 Å². The molecule has 2 aromatic carbocycles. The van der Waals surface area contributed by atoms with Crippen molar-refractivity contribution in [2.24, 2.45) is 5.41 Å². The normalized spacial score (nSPS) is 22.7. The molecule has 2 N–H and O–H groups in total. The molecular formula is C24H28ClFN2O2. The first-order chi connectivity index (χ1) is 13.9. The van der Waals surface area contributed by atoms with Gasteiger partial charge in [0.15, 0.2) is 0 Å². The molecule has 2 amide bonds. The molecule has 1 fully saturated rings. The summed E-state index contributed by atoms with van der Waals surface area (Å²) in [5, 5.41) is 6.32. The maximum atomic E-state index is 13.9. The monoisotopic (exact) mass is 430 g/mol. The molecule has 1 saturated heterocycles. The van der Waals surface area contributed by atoms with E-state index in [4.69, 9.17) is 11.6 Å². The van der Waals surface area contributed by atoms with Crippen LogP contribution in [0.4, 0.5) is 10.1 Å². The average molecular weight is 431 g/mol. The molecule has 2 aliphatic rings. The summed E-state index contributed by atoms with van der Waals surface area (Å²) in [7, 11) is 0. The van der Waals surface area contributed by atoms with Gasteiger partial charge in [-0.15, -0.1) is 0 Å². The van der Waals surface area contributed by atoms with E-state index in [1.807, 2.05) is 13.0 Å². The van der Waals surface area contributed by atoms with Gasteiger partial charge in [0.2, 0.25) is 11.8 Å². The van der Waals surface area contributed by atoms with Gasteiger partial charge in [-0.25, -0.2) is 4.39 Å². The minimum Gasteiger partial charge on any atom is -0.348 e. The number of rotatable bonds is 1. The highest BCUT2D eigenvalue weighted by molar-refractivity contribution is 6.31. The maximum Gasteiger partial charge on any atom is 0.237 e. The maximum absolute atomic E-state index is 13.9. The van der Waals surface area contributed by atoms with Crippen LogP contribution >= 0.6 is 11.6 Å². The van der Waals surface area contributed by atoms with Crippen LogP contribution < -0.4 is 10.6 Å². The molecule has 2 aromatic rings. The molecule has 2 atom stereocenters. The van der Waals surface area contributed by atoms with Gasteiger partial charge < -0.3 is 10.6 Å². The number of nitrogens with one attached hydrogen (secondary N) is 2. The second-order valence-electron chi connectivity index (χ2n) is 9.62. The van der Waals surface area contributed by atoms with Crippen LogP contribution in [0, 0.1) is 18.2 Å². The minimum absolute atomic E-state index is 0.144. The van der Waals surface area contributed by atoms with Crippen LogP contribution in [0.3, 0.4) is 0 Å². The Morgan fingerprint density at radius 1 is 1.10 bits per heavy atom. The number of anilines is 1. The van der Waals surface area contributed by atoms with E-state index in [1.165, 1.54) is 12.1 Å². The number of piperidine rings is 1. The van der Waals surface area contributed by atoms with E-state index in [1.54, 1.807) is 18.2 Å². The van der Waals surface area contributed by atoms with Crippen molar-refractivity contribution in [3.63, 3.8) is 0 Å². The van der Waals surface area contributed by atoms with Crippen LogP contribution in [0.5, 0.6) is 0 Å². The molecule has 2 heterocycles. The van der Waals surface area contributed by atoms with Crippen molar-refractivity contribution < 1.29 is 14.0 Å². The topological polar surface area (TPSA) is 58.2 Å². The first kappa shape index (κ1) is 22.3. The van der Waals surface area contributed by atoms with Crippen molar-refractivity contribution in [1.29, 1.82) is 0 Å². The van der Waals surface area contributed by atoms with Crippen molar-refractivity contribution in [2.75, 3.05) is 5.32 Å². The highest BCUT2D eigenvalue weighted by Gasteiger charge is 2.55. The Morgan fingerprint density at radius 2 is 1.77 bits per heavy atom. The fourth-order valence-electron chi connectivity index (χ4n) is 3.98. The lowest BCUT2D eigenvalue weighted by atomic mass is 9.67. The Bertz CT molecular complexity index is 993. The molecule has 4 nitrogen and oxygen atoms in total. The molecule has 4 rings (SSSR count). The summed E-state index contributed by atoms with van der Waals surface area (Å²) in [6, 6.07) is 9.05. The molecule has 0 radical (unpaired) electrons. The summed E-state index contributed by atoms with van der Waals surface area (Å²) < 4.78 is 13.9. The quantitative estimate of drug-likeness (QED) is 0.611. The standard InChI is InChI=1S/C19H16ClFN2O2.C5H12/c1-10-2-4-12(21)9-13(10)17-19(7-6-16(24)23-17)14-5-3-11(20)8-15(14)22-18(19)25;1-5(2,3)4/h2-5,8-9,17H,6-7H2,1H3,(H,22,25)(H,23,24);1-4H3/t17-,19-;/m1./s1. The van der Waals surface area contributed by atoms with E-state index < -0.39 is 17.3 Å². The Balaban J connectivity index is 0.000000461. The number of carbonyl (C=O) groups excluding carboxylic acids is 2. The lowest BCUT2D eigenvalue weighted by molar-refractivity contribution is -0.130. The van der Waals surface area contributed by atoms with Crippen molar-refractivity contribution >= 4 is 29.1 Å². The Hall–Kier alpha value is -2.40. The van der Waals surface area contributed by atoms with Crippen LogP contribution in [0.25, 0.3) is 0 Å². The smallest absolute Gasteiger partial charge is 0.237 e. The highest BCUT2D eigenvalue weighted by atomic mass is 35.5. The fourth-order valence-corrected chi connectivity index (χ4v) is 4.15. The number of aryl methyl sites for hydroxylation is 1. The molecule has 160 valence electrons. The van der Waals surface area contributed by atoms with Crippen LogP contribution in [-0.4, -0.2) is 11.8 Å². The zero-order valence-electron chi connectivity index (χ0n) is 18.0. The van der Waals surface area contributed by atoms with Crippen LogP contribution in [0.15, 0.2) is 36.4 Å². The number of carbonyl (C=O) groups is 2. The summed E-state index contributed by atoms with van der Waals surface area (Å²) in [6.45, 7) is 10.6. The molecule has 30 heavy (non-hydrogen) atoms. The second kappa shape index (κ2) is 8.03. The molecular weight excluding hydrogens is 403 g/mol. The zero-order chi connectivity index (χ0) is 22.3. The molecule has 0 saturated carbocycles. The van der Waals surface area contributed by atoms with E-state index in [2.05, 4.69) is 38.3 Å². The van der Waals surface area contributed by atoms with E-state index >= 15 is 0 Å². The third-order valence-electron chi connectivity index (χ3n) is 5.21. The summed E-state index contributed by atoms with van der Waals surface area (Å²) in [6.07, 6.45) is 0.597. The van der Waals surface area contributed by atoms with Crippen LogP contribution in [0.2, 0.25) is 5.02 Å². The first-order valence-electron chi connectivity index (χ1n) is 10.1. The SMILES string of the molecule is CC(C)(C)C.Cc1ccc(F)cc1[C@H]1NC(=O)CC[C@]12C(=O)Nc1cc(Cl)ccc12. The van der Waals surface area contributed by atoms with Gasteiger partial charge in [0.25, 0.3) is 0 Å². The van der Waals surface area contributed by atoms with E-state index in [-0.39, 0.29) is 18.2 Å². The number of hydrogen-bond acceptors (Lipinski definition) is 2. The second-order valence-corrected chi connectivity index (χ2v) is 10.1. The number of fused-ring (bicyclic) bond motifs is 2. The summed E-state index contributed by atoms with van der Waals surface area (Å²) >= 11 is 6.05. The van der Waals surface area contributed by atoms with Gasteiger partial charge in [0.05, 0.1) is 6.04 Å². The lowest BCUT2D eigenvalue weighted by Gasteiger charge is -2.41. The first-order valence-corrected chi connectivity index (χ1v) is 10.5. The van der Waals surface area contributed by atoms with Crippen molar-refractivity contribution in [2.45, 2.75) is 58.9 Å². The Labute approximate surface area is 182 Å². The minimum atomic E-state index is -0.966. The Kier molecular flexibility index (Phi) is 5.96. The van der Waals surface area contributed by atoms with E-state index in [0.29, 0.717) is 28.1 Å². The predicted octanol–water partition coefficient (Wildman–Crippen LogP) is 5.68. The van der Waals surface area contributed by atoms with Gasteiger partial charge in [-0.05, 0) is 59.7 Å². The van der Waals surface area contributed by atoms with Gasteiger partial charge in [-0.1, -0.05) is 51.4 Å². The predicted molar refractivity (Wildman–Crippen MR) is 118 cm³/mol. The molecule has 6 heteroatoms. The van der Waals surface area contributed by atoms with Crippen molar-refractivity contribution in [1.82, 2.24) is 5.32 Å². The van der Waals surface area contributed by atoms with E-state index in [9.17, 15) is 14.0 Å². The summed E-state index contributed by atoms with van der Waals surface area (Å²) in [5.74, 6) is -0.738. The van der Waals surface area contributed by atoms with Crippen LogP contribution in [0.1, 0.15) is 63.3 Å². The van der Waals surface area contributed by atoms with Crippen LogP contribution in [-0.2, 0) is 15.0 Å². The molecule has 0 aromatic heterocycles. The number of benzene rings is 2. The molecule has 0 bridgehead atoms. The largest absolute Gasteiger partial charge is 0.348 e. The highest BCUT2D eigenvalue weighted by Crippen LogP contribution is 2.51. The van der Waals surface area contributed by atoms with Gasteiger partial charge in [-0.3, -0.25) is 9.59 Å². The fraction of sp³-hybridized carbons (Fsp3) is 0.417. The lowest BCUT2D eigenvalue weighted by Crippen LogP contribution is -2.52.